The van der Waals surface area contributed by atoms with Crippen LogP contribution in [0.25, 0.3) is 0 Å². The van der Waals surface area contributed by atoms with E-state index in [0.717, 1.165) is 6.07 Å². The molecule has 0 aliphatic rings. The minimum absolute atomic E-state index is 0.0329. The molecule has 1 unspecified atom stereocenters. The van der Waals surface area contributed by atoms with Gasteiger partial charge in [-0.05, 0) is 37.3 Å². The monoisotopic (exact) mass is 249 g/mol. The molecule has 0 fully saturated rings. The third-order valence-electron chi connectivity index (χ3n) is 2.56. The number of furan rings is 1. The molecule has 1 heterocycles. The molecule has 1 atom stereocenters. The number of anilines is 1. The molecule has 94 valence electrons. The number of nitrogens with one attached hydrogen (secondary N) is 1. The average Bonchev–Trinajstić information content (AvgIpc) is 2.85. The summed E-state index contributed by atoms with van der Waals surface area (Å²) in [6, 6.07) is 6.85. The van der Waals surface area contributed by atoms with E-state index in [1.54, 1.807) is 19.1 Å². The number of hydrogen-bond acceptors (Lipinski definition) is 3. The first kappa shape index (κ1) is 12.2. The summed E-state index contributed by atoms with van der Waals surface area (Å²) in [6.07, 6.45) is 1.53. The summed E-state index contributed by atoms with van der Waals surface area (Å²) >= 11 is 0. The number of carbonyl (C=O) groups is 1. The number of aromatic carboxylic acids is 1. The number of carboxylic acid groups (broad SMARTS) is 1. The molecule has 2 aromatic rings. The van der Waals surface area contributed by atoms with Gasteiger partial charge in [0.2, 0.25) is 0 Å². The van der Waals surface area contributed by atoms with Crippen molar-refractivity contribution in [1.82, 2.24) is 0 Å². The van der Waals surface area contributed by atoms with Crippen LogP contribution in [0.1, 0.15) is 29.1 Å². The normalized spacial score (nSPS) is 12.1. The van der Waals surface area contributed by atoms with E-state index in [0.29, 0.717) is 5.76 Å². The Kier molecular flexibility index (Phi) is 3.32. The Morgan fingerprint density at radius 1 is 1.44 bits per heavy atom. The highest BCUT2D eigenvalue weighted by Gasteiger charge is 2.13. The van der Waals surface area contributed by atoms with Crippen LogP contribution < -0.4 is 5.32 Å². The van der Waals surface area contributed by atoms with E-state index in [4.69, 9.17) is 9.52 Å². The molecule has 1 aromatic heterocycles. The Hall–Kier alpha value is -2.30. The molecule has 2 rings (SSSR count). The van der Waals surface area contributed by atoms with E-state index in [1.807, 2.05) is 0 Å². The standard InChI is InChI=1S/C13H12FNO3/c1-8(12-3-2-6-18-12)15-11-7-9(13(16)17)4-5-10(11)14/h2-8,15H,1H3,(H,16,17). The molecule has 5 heteroatoms. The molecule has 0 saturated heterocycles. The first-order chi connectivity index (χ1) is 8.58. The summed E-state index contributed by atoms with van der Waals surface area (Å²) in [5.74, 6) is -0.947. The molecule has 0 saturated carbocycles. The molecule has 0 spiro atoms. The van der Waals surface area contributed by atoms with Gasteiger partial charge in [0.25, 0.3) is 0 Å². The summed E-state index contributed by atoms with van der Waals surface area (Å²) in [6.45, 7) is 1.80. The Bertz CT molecular complexity index is 551. The zero-order valence-electron chi connectivity index (χ0n) is 9.68. The topological polar surface area (TPSA) is 62.5 Å². The van der Waals surface area contributed by atoms with Crippen molar-refractivity contribution in [2.45, 2.75) is 13.0 Å². The van der Waals surface area contributed by atoms with Crippen molar-refractivity contribution in [3.63, 3.8) is 0 Å². The Balaban J connectivity index is 2.23. The Morgan fingerprint density at radius 2 is 2.22 bits per heavy atom. The molecule has 0 bridgehead atoms. The van der Waals surface area contributed by atoms with Gasteiger partial charge in [-0.2, -0.15) is 0 Å². The van der Waals surface area contributed by atoms with Gasteiger partial charge in [0.15, 0.2) is 0 Å². The van der Waals surface area contributed by atoms with Crippen molar-refractivity contribution in [3.8, 4) is 0 Å². The minimum Gasteiger partial charge on any atom is -0.478 e. The van der Waals surface area contributed by atoms with Crippen molar-refractivity contribution in [1.29, 1.82) is 0 Å². The SMILES string of the molecule is CC(Nc1cc(C(=O)O)ccc1F)c1ccco1. The maximum absolute atomic E-state index is 13.5. The maximum Gasteiger partial charge on any atom is 0.335 e. The lowest BCUT2D eigenvalue weighted by atomic mass is 10.1. The molecule has 4 nitrogen and oxygen atoms in total. The number of hydrogen-bond donors (Lipinski definition) is 2. The third kappa shape index (κ3) is 2.51. The second-order valence-electron chi connectivity index (χ2n) is 3.88. The van der Waals surface area contributed by atoms with Crippen molar-refractivity contribution in [2.75, 3.05) is 5.32 Å². The fourth-order valence-electron chi connectivity index (χ4n) is 1.61. The van der Waals surface area contributed by atoms with Gasteiger partial charge in [0.05, 0.1) is 23.6 Å². The van der Waals surface area contributed by atoms with Gasteiger partial charge in [-0.1, -0.05) is 0 Å². The largest absolute Gasteiger partial charge is 0.478 e. The van der Waals surface area contributed by atoms with E-state index in [2.05, 4.69) is 5.32 Å². The molecule has 18 heavy (non-hydrogen) atoms. The lowest BCUT2D eigenvalue weighted by Crippen LogP contribution is -2.08. The van der Waals surface area contributed by atoms with Crippen molar-refractivity contribution < 1.29 is 18.7 Å². The number of halogens is 1. The molecular formula is C13H12FNO3. The second kappa shape index (κ2) is 4.91. The number of carboxylic acids is 1. The van der Waals surface area contributed by atoms with Crippen molar-refractivity contribution >= 4 is 11.7 Å². The molecular weight excluding hydrogens is 237 g/mol. The summed E-state index contributed by atoms with van der Waals surface area (Å²) < 4.78 is 18.7. The first-order valence-corrected chi connectivity index (χ1v) is 5.40. The lowest BCUT2D eigenvalue weighted by molar-refractivity contribution is 0.0697. The zero-order valence-corrected chi connectivity index (χ0v) is 9.68. The van der Waals surface area contributed by atoms with Crippen LogP contribution in [-0.4, -0.2) is 11.1 Å². The van der Waals surface area contributed by atoms with Crippen LogP contribution in [0.15, 0.2) is 41.0 Å². The van der Waals surface area contributed by atoms with Gasteiger partial charge in [-0.3, -0.25) is 0 Å². The fraction of sp³-hybridized carbons (Fsp3) is 0.154. The van der Waals surface area contributed by atoms with E-state index in [9.17, 15) is 9.18 Å². The summed E-state index contributed by atoms with van der Waals surface area (Å²) in [4.78, 5) is 10.8. The molecule has 0 amide bonds. The highest BCUT2D eigenvalue weighted by atomic mass is 19.1. The first-order valence-electron chi connectivity index (χ1n) is 5.40. The Labute approximate surface area is 103 Å². The zero-order chi connectivity index (χ0) is 13.1. The van der Waals surface area contributed by atoms with E-state index >= 15 is 0 Å². The van der Waals surface area contributed by atoms with Crippen LogP contribution in [0.5, 0.6) is 0 Å². The predicted octanol–water partition coefficient (Wildman–Crippen LogP) is 3.29. The average molecular weight is 249 g/mol. The second-order valence-corrected chi connectivity index (χ2v) is 3.88. The number of rotatable bonds is 4. The van der Waals surface area contributed by atoms with Crippen LogP contribution in [0.4, 0.5) is 10.1 Å². The highest BCUT2D eigenvalue weighted by molar-refractivity contribution is 5.88. The molecule has 0 aliphatic heterocycles. The van der Waals surface area contributed by atoms with E-state index < -0.39 is 11.8 Å². The van der Waals surface area contributed by atoms with Gasteiger partial charge < -0.3 is 14.8 Å². The van der Waals surface area contributed by atoms with E-state index in [-0.39, 0.29) is 17.3 Å². The molecule has 1 aromatic carbocycles. The van der Waals surface area contributed by atoms with Crippen LogP contribution >= 0.6 is 0 Å². The van der Waals surface area contributed by atoms with Gasteiger partial charge >= 0.3 is 5.97 Å². The maximum atomic E-state index is 13.5. The Morgan fingerprint density at radius 3 is 2.83 bits per heavy atom. The van der Waals surface area contributed by atoms with Crippen molar-refractivity contribution in [3.05, 3.63) is 53.7 Å². The summed E-state index contributed by atoms with van der Waals surface area (Å²) in [5, 5.41) is 11.7. The van der Waals surface area contributed by atoms with Crippen LogP contribution in [0, 0.1) is 5.82 Å². The summed E-state index contributed by atoms with van der Waals surface area (Å²) in [7, 11) is 0. The number of benzene rings is 1. The van der Waals surface area contributed by atoms with Gasteiger partial charge in [0.1, 0.15) is 11.6 Å². The van der Waals surface area contributed by atoms with Crippen molar-refractivity contribution in [2.24, 2.45) is 0 Å². The molecule has 0 radical (unpaired) electrons. The molecule has 0 aliphatic carbocycles. The van der Waals surface area contributed by atoms with Gasteiger partial charge in [-0.25, -0.2) is 9.18 Å². The lowest BCUT2D eigenvalue weighted by Gasteiger charge is -2.14. The van der Waals surface area contributed by atoms with Gasteiger partial charge in [0, 0.05) is 0 Å². The van der Waals surface area contributed by atoms with Crippen LogP contribution in [0.3, 0.4) is 0 Å². The van der Waals surface area contributed by atoms with Crippen LogP contribution in [0.2, 0.25) is 0 Å². The molecule has 2 N–H and O–H groups in total. The fourth-order valence-corrected chi connectivity index (χ4v) is 1.61. The quantitative estimate of drug-likeness (QED) is 0.872. The highest BCUT2D eigenvalue weighted by Crippen LogP contribution is 2.23. The van der Waals surface area contributed by atoms with Crippen LogP contribution in [-0.2, 0) is 0 Å². The minimum atomic E-state index is -1.09. The van der Waals surface area contributed by atoms with E-state index in [1.165, 1.54) is 18.4 Å². The predicted molar refractivity (Wildman–Crippen MR) is 64.1 cm³/mol. The third-order valence-corrected chi connectivity index (χ3v) is 2.56. The summed E-state index contributed by atoms with van der Waals surface area (Å²) in [5.41, 5.74) is 0.171. The smallest absolute Gasteiger partial charge is 0.335 e. The van der Waals surface area contributed by atoms with Gasteiger partial charge in [-0.15, -0.1) is 0 Å².